The third-order valence-electron chi connectivity index (χ3n) is 3.57. The van der Waals surface area contributed by atoms with Crippen LogP contribution in [0.4, 0.5) is 4.39 Å². The van der Waals surface area contributed by atoms with Crippen LogP contribution in [0.5, 0.6) is 0 Å². The summed E-state index contributed by atoms with van der Waals surface area (Å²) >= 11 is 0. The van der Waals surface area contributed by atoms with Gasteiger partial charge in [-0.3, -0.25) is 4.79 Å². The van der Waals surface area contributed by atoms with Crippen molar-refractivity contribution < 1.29 is 13.9 Å². The van der Waals surface area contributed by atoms with Crippen LogP contribution in [0.15, 0.2) is 18.2 Å². The molecule has 0 aliphatic heterocycles. The van der Waals surface area contributed by atoms with Gasteiger partial charge < -0.3 is 10.5 Å². The van der Waals surface area contributed by atoms with E-state index in [1.807, 2.05) is 26.8 Å². The lowest BCUT2D eigenvalue weighted by molar-refractivity contribution is -0.151. The number of rotatable bonds is 5. The standard InChI is InChI=1S/C16H24FNO2/c1-9(2)15(12(5)20-16(19)11(4)18)13-7-6-8-14(17)10(13)3/h6-9,11-12,15H,18H2,1-5H3/t11-,12-,15+/m0/s1. The summed E-state index contributed by atoms with van der Waals surface area (Å²) in [5.74, 6) is -0.518. The van der Waals surface area contributed by atoms with E-state index in [0.29, 0.717) is 5.56 Å². The molecule has 2 N–H and O–H groups in total. The molecule has 4 heteroatoms. The number of ether oxygens (including phenoxy) is 1. The zero-order chi connectivity index (χ0) is 15.4. The van der Waals surface area contributed by atoms with E-state index in [2.05, 4.69) is 0 Å². The Morgan fingerprint density at radius 2 is 1.85 bits per heavy atom. The molecule has 0 radical (unpaired) electrons. The van der Waals surface area contributed by atoms with Crippen molar-refractivity contribution in [3.05, 3.63) is 35.1 Å². The molecular formula is C16H24FNO2. The first-order valence-corrected chi connectivity index (χ1v) is 6.96. The van der Waals surface area contributed by atoms with E-state index in [9.17, 15) is 9.18 Å². The molecule has 0 unspecified atom stereocenters. The van der Waals surface area contributed by atoms with Gasteiger partial charge in [-0.05, 0) is 43.9 Å². The molecule has 1 aromatic rings. The van der Waals surface area contributed by atoms with Gasteiger partial charge in [0.15, 0.2) is 0 Å². The first-order chi connectivity index (χ1) is 9.25. The van der Waals surface area contributed by atoms with Crippen LogP contribution in [0.25, 0.3) is 0 Å². The molecule has 0 bridgehead atoms. The third kappa shape index (κ3) is 3.79. The molecule has 0 heterocycles. The van der Waals surface area contributed by atoms with Crippen molar-refractivity contribution in [3.8, 4) is 0 Å². The Morgan fingerprint density at radius 3 is 2.35 bits per heavy atom. The van der Waals surface area contributed by atoms with Crippen molar-refractivity contribution in [2.24, 2.45) is 11.7 Å². The maximum absolute atomic E-state index is 13.7. The summed E-state index contributed by atoms with van der Waals surface area (Å²) in [4.78, 5) is 11.6. The van der Waals surface area contributed by atoms with E-state index in [0.717, 1.165) is 5.56 Å². The van der Waals surface area contributed by atoms with E-state index < -0.39 is 12.0 Å². The fraction of sp³-hybridized carbons (Fsp3) is 0.562. The second kappa shape index (κ2) is 6.84. The minimum absolute atomic E-state index is 0.0617. The van der Waals surface area contributed by atoms with Gasteiger partial charge in [-0.1, -0.05) is 26.0 Å². The molecule has 0 saturated heterocycles. The molecule has 0 spiro atoms. The van der Waals surface area contributed by atoms with Crippen LogP contribution < -0.4 is 5.73 Å². The Hall–Kier alpha value is -1.42. The summed E-state index contributed by atoms with van der Waals surface area (Å²) in [6.07, 6.45) is -0.353. The van der Waals surface area contributed by atoms with E-state index >= 15 is 0 Å². The summed E-state index contributed by atoms with van der Waals surface area (Å²) in [7, 11) is 0. The van der Waals surface area contributed by atoms with Crippen LogP contribution in [0.1, 0.15) is 44.7 Å². The molecule has 0 saturated carbocycles. The molecule has 112 valence electrons. The lowest BCUT2D eigenvalue weighted by Gasteiger charge is -2.29. The van der Waals surface area contributed by atoms with Gasteiger partial charge in [0.05, 0.1) is 0 Å². The van der Waals surface area contributed by atoms with Gasteiger partial charge in [-0.2, -0.15) is 0 Å². The third-order valence-corrected chi connectivity index (χ3v) is 3.57. The number of benzene rings is 1. The van der Waals surface area contributed by atoms with Crippen molar-refractivity contribution in [1.29, 1.82) is 0 Å². The van der Waals surface area contributed by atoms with E-state index in [1.165, 1.54) is 6.07 Å². The first kappa shape index (κ1) is 16.6. The quantitative estimate of drug-likeness (QED) is 0.843. The SMILES string of the molecule is Cc1c(F)cccc1[C@H](C(C)C)[C@H](C)OC(=O)[C@H](C)N. The predicted molar refractivity (Wildman–Crippen MR) is 77.9 cm³/mol. The van der Waals surface area contributed by atoms with Gasteiger partial charge in [0.2, 0.25) is 0 Å². The van der Waals surface area contributed by atoms with Crippen molar-refractivity contribution in [1.82, 2.24) is 0 Å². The highest BCUT2D eigenvalue weighted by Crippen LogP contribution is 2.32. The molecule has 0 fully saturated rings. The van der Waals surface area contributed by atoms with E-state index in [1.54, 1.807) is 19.9 Å². The Balaban J connectivity index is 3.06. The number of nitrogens with two attached hydrogens (primary N) is 1. The topological polar surface area (TPSA) is 52.3 Å². The second-order valence-electron chi connectivity index (χ2n) is 5.65. The van der Waals surface area contributed by atoms with E-state index in [4.69, 9.17) is 10.5 Å². The fourth-order valence-corrected chi connectivity index (χ4v) is 2.50. The molecule has 0 aliphatic carbocycles. The molecule has 1 aromatic carbocycles. The highest BCUT2D eigenvalue weighted by molar-refractivity contribution is 5.75. The molecule has 0 aromatic heterocycles. The Bertz CT molecular complexity index is 472. The maximum atomic E-state index is 13.7. The van der Waals surface area contributed by atoms with Crippen molar-refractivity contribution in [2.75, 3.05) is 0 Å². The normalized spacial score (nSPS) is 15.8. The van der Waals surface area contributed by atoms with Crippen LogP contribution in [-0.4, -0.2) is 18.1 Å². The lowest BCUT2D eigenvalue weighted by atomic mass is 9.82. The van der Waals surface area contributed by atoms with Gasteiger partial charge in [0.25, 0.3) is 0 Å². The molecule has 1 rings (SSSR count). The zero-order valence-corrected chi connectivity index (χ0v) is 12.8. The highest BCUT2D eigenvalue weighted by Gasteiger charge is 2.28. The molecule has 0 aliphatic rings. The van der Waals surface area contributed by atoms with Crippen molar-refractivity contribution in [2.45, 2.75) is 52.7 Å². The average Bonchev–Trinajstić information content (AvgIpc) is 2.34. The minimum atomic E-state index is -0.654. The van der Waals surface area contributed by atoms with Crippen LogP contribution >= 0.6 is 0 Å². The number of hydrogen-bond acceptors (Lipinski definition) is 3. The van der Waals surface area contributed by atoms with Gasteiger partial charge in [-0.15, -0.1) is 0 Å². The second-order valence-corrected chi connectivity index (χ2v) is 5.65. The summed E-state index contributed by atoms with van der Waals surface area (Å²) in [6.45, 7) is 9.23. The van der Waals surface area contributed by atoms with Crippen LogP contribution in [0, 0.1) is 18.7 Å². The number of hydrogen-bond donors (Lipinski definition) is 1. The lowest BCUT2D eigenvalue weighted by Crippen LogP contribution is -2.34. The summed E-state index contributed by atoms with van der Waals surface area (Å²) in [6, 6.07) is 4.36. The predicted octanol–water partition coefficient (Wildman–Crippen LogP) is 3.15. The largest absolute Gasteiger partial charge is 0.461 e. The first-order valence-electron chi connectivity index (χ1n) is 6.96. The minimum Gasteiger partial charge on any atom is -0.461 e. The molecule has 20 heavy (non-hydrogen) atoms. The molecular weight excluding hydrogens is 257 g/mol. The Kier molecular flexibility index (Phi) is 5.69. The van der Waals surface area contributed by atoms with Gasteiger partial charge in [0, 0.05) is 5.92 Å². The number of halogens is 1. The van der Waals surface area contributed by atoms with Gasteiger partial charge >= 0.3 is 5.97 Å². The average molecular weight is 281 g/mol. The highest BCUT2D eigenvalue weighted by atomic mass is 19.1. The molecule has 3 nitrogen and oxygen atoms in total. The number of esters is 1. The summed E-state index contributed by atoms with van der Waals surface area (Å²) in [5.41, 5.74) is 7.00. The van der Waals surface area contributed by atoms with Gasteiger partial charge in [0.1, 0.15) is 18.0 Å². The molecule has 0 amide bonds. The van der Waals surface area contributed by atoms with Crippen LogP contribution in [-0.2, 0) is 9.53 Å². The zero-order valence-electron chi connectivity index (χ0n) is 12.8. The Labute approximate surface area is 120 Å². The number of carbonyl (C=O) groups excluding carboxylic acids is 1. The van der Waals surface area contributed by atoms with Crippen molar-refractivity contribution in [3.63, 3.8) is 0 Å². The maximum Gasteiger partial charge on any atom is 0.322 e. The molecule has 3 atom stereocenters. The summed E-state index contributed by atoms with van der Waals surface area (Å²) in [5, 5.41) is 0. The van der Waals surface area contributed by atoms with Crippen molar-refractivity contribution >= 4 is 5.97 Å². The monoisotopic (exact) mass is 281 g/mol. The van der Waals surface area contributed by atoms with Crippen LogP contribution in [0.3, 0.4) is 0 Å². The summed E-state index contributed by atoms with van der Waals surface area (Å²) < 4.78 is 19.1. The fourth-order valence-electron chi connectivity index (χ4n) is 2.50. The van der Waals surface area contributed by atoms with E-state index in [-0.39, 0.29) is 23.8 Å². The number of carbonyl (C=O) groups is 1. The van der Waals surface area contributed by atoms with Gasteiger partial charge in [-0.25, -0.2) is 4.39 Å². The Morgan fingerprint density at radius 1 is 1.25 bits per heavy atom. The smallest absolute Gasteiger partial charge is 0.322 e. The van der Waals surface area contributed by atoms with Crippen LogP contribution in [0.2, 0.25) is 0 Å².